The average Bonchev–Trinajstić information content (AvgIpc) is 2.77. The zero-order valence-corrected chi connectivity index (χ0v) is 14.2. The second kappa shape index (κ2) is 5.38. The molecule has 0 saturated carbocycles. The van der Waals surface area contributed by atoms with E-state index in [1.807, 2.05) is 12.1 Å². The molecule has 0 amide bonds. The fraction of sp³-hybridized carbons (Fsp3) is 0.333. The molecule has 0 saturated heterocycles. The zero-order chi connectivity index (χ0) is 15.1. The van der Waals surface area contributed by atoms with E-state index in [9.17, 15) is 5.11 Å². The predicted molar refractivity (Wildman–Crippen MR) is 91.1 cm³/mol. The first-order chi connectivity index (χ1) is 9.99. The van der Waals surface area contributed by atoms with E-state index >= 15 is 0 Å². The summed E-state index contributed by atoms with van der Waals surface area (Å²) in [7, 11) is 0. The van der Waals surface area contributed by atoms with Crippen molar-refractivity contribution in [1.29, 1.82) is 0 Å². The summed E-state index contributed by atoms with van der Waals surface area (Å²) in [5.41, 5.74) is 5.93. The molecule has 0 bridgehead atoms. The lowest BCUT2D eigenvalue weighted by Crippen LogP contribution is -2.08. The number of aryl methyl sites for hydroxylation is 2. The molecule has 2 nitrogen and oxygen atoms in total. The summed E-state index contributed by atoms with van der Waals surface area (Å²) in [4.78, 5) is 0. The lowest BCUT2D eigenvalue weighted by Gasteiger charge is -2.19. The van der Waals surface area contributed by atoms with Gasteiger partial charge in [-0.2, -0.15) is 0 Å². The third kappa shape index (κ3) is 2.44. The Morgan fingerprint density at radius 1 is 1.10 bits per heavy atom. The number of phenolic OH excluding ortho intramolecular Hbond substituents is 1. The fourth-order valence-electron chi connectivity index (χ4n) is 3.42. The summed E-state index contributed by atoms with van der Waals surface area (Å²) in [6.07, 6.45) is 1.01. The van der Waals surface area contributed by atoms with Crippen molar-refractivity contribution < 1.29 is 5.11 Å². The molecule has 0 radical (unpaired) electrons. The number of rotatable bonds is 2. The molecule has 1 aliphatic rings. The predicted octanol–water partition coefficient (Wildman–Crippen LogP) is 5.43. The molecule has 2 aromatic carbocycles. The third-order valence-electron chi connectivity index (χ3n) is 4.43. The topological polar surface area (TPSA) is 32.3 Å². The molecule has 0 aromatic heterocycles. The van der Waals surface area contributed by atoms with E-state index in [2.05, 4.69) is 60.2 Å². The van der Waals surface area contributed by atoms with Crippen molar-refractivity contribution in [3.63, 3.8) is 0 Å². The summed E-state index contributed by atoms with van der Waals surface area (Å²) in [5, 5.41) is 13.9. The molecule has 2 unspecified atom stereocenters. The largest absolute Gasteiger partial charge is 0.508 e. The maximum absolute atomic E-state index is 10.3. The summed E-state index contributed by atoms with van der Waals surface area (Å²) in [6, 6.07) is 10.2. The Morgan fingerprint density at radius 3 is 2.62 bits per heavy atom. The molecule has 3 heteroatoms. The highest BCUT2D eigenvalue weighted by Crippen LogP contribution is 2.47. The highest BCUT2D eigenvalue weighted by Gasteiger charge is 2.32. The first kappa shape index (κ1) is 14.5. The first-order valence-corrected chi connectivity index (χ1v) is 8.12. The van der Waals surface area contributed by atoms with Gasteiger partial charge in [-0.15, -0.1) is 0 Å². The van der Waals surface area contributed by atoms with Crippen molar-refractivity contribution in [3.8, 4) is 5.75 Å². The van der Waals surface area contributed by atoms with E-state index in [1.165, 1.54) is 16.7 Å². The standard InChI is InChI=1S/C18H20BrNO/c1-10-7-8-15(21)17-14(9-12(3)16(10)17)20-13-6-4-5-11(2)18(13)19/h4-8,12,14,20-21H,9H2,1-3H3. The molecule has 3 rings (SSSR count). The lowest BCUT2D eigenvalue weighted by molar-refractivity contribution is 0.465. The highest BCUT2D eigenvalue weighted by molar-refractivity contribution is 9.10. The number of aromatic hydroxyl groups is 1. The van der Waals surface area contributed by atoms with Crippen molar-refractivity contribution in [2.24, 2.45) is 0 Å². The summed E-state index contributed by atoms with van der Waals surface area (Å²) >= 11 is 3.65. The number of hydrogen-bond donors (Lipinski definition) is 2. The Bertz CT molecular complexity index is 696. The molecule has 2 atom stereocenters. The van der Waals surface area contributed by atoms with Crippen LogP contribution in [0, 0.1) is 13.8 Å². The number of nitrogens with one attached hydrogen (secondary N) is 1. The third-order valence-corrected chi connectivity index (χ3v) is 5.49. The second-order valence-corrected chi connectivity index (χ2v) is 6.79. The van der Waals surface area contributed by atoms with Crippen LogP contribution in [0.15, 0.2) is 34.8 Å². The monoisotopic (exact) mass is 345 g/mol. The molecular formula is C18H20BrNO. The maximum Gasteiger partial charge on any atom is 0.121 e. The molecule has 21 heavy (non-hydrogen) atoms. The minimum absolute atomic E-state index is 0.160. The number of halogens is 1. The number of fused-ring (bicyclic) bond motifs is 1. The Morgan fingerprint density at radius 2 is 1.86 bits per heavy atom. The SMILES string of the molecule is Cc1cccc(NC2CC(C)c3c(C)ccc(O)c32)c1Br. The molecular weight excluding hydrogens is 326 g/mol. The van der Waals surface area contributed by atoms with Crippen molar-refractivity contribution in [2.45, 2.75) is 39.2 Å². The van der Waals surface area contributed by atoms with E-state index < -0.39 is 0 Å². The van der Waals surface area contributed by atoms with E-state index in [1.54, 1.807) is 0 Å². The summed E-state index contributed by atoms with van der Waals surface area (Å²) < 4.78 is 1.10. The van der Waals surface area contributed by atoms with Gasteiger partial charge in [0.15, 0.2) is 0 Å². The summed E-state index contributed by atoms with van der Waals surface area (Å²) in [5.74, 6) is 0.870. The van der Waals surface area contributed by atoms with Gasteiger partial charge in [-0.1, -0.05) is 25.1 Å². The quantitative estimate of drug-likeness (QED) is 0.760. The van der Waals surface area contributed by atoms with Crippen LogP contribution < -0.4 is 5.32 Å². The van der Waals surface area contributed by atoms with Crippen molar-refractivity contribution in [2.75, 3.05) is 5.32 Å². The van der Waals surface area contributed by atoms with Gasteiger partial charge in [0.25, 0.3) is 0 Å². The van der Waals surface area contributed by atoms with Gasteiger partial charge in [0.1, 0.15) is 5.75 Å². The second-order valence-electron chi connectivity index (χ2n) is 6.00. The maximum atomic E-state index is 10.3. The van der Waals surface area contributed by atoms with E-state index in [-0.39, 0.29) is 6.04 Å². The Hall–Kier alpha value is -1.48. The fourth-order valence-corrected chi connectivity index (χ4v) is 3.80. The van der Waals surface area contributed by atoms with Crippen LogP contribution in [0.1, 0.15) is 47.6 Å². The van der Waals surface area contributed by atoms with E-state index in [0.717, 1.165) is 22.1 Å². The number of anilines is 1. The lowest BCUT2D eigenvalue weighted by atomic mass is 9.97. The van der Waals surface area contributed by atoms with Gasteiger partial charge in [-0.25, -0.2) is 0 Å². The normalized spacial score (nSPS) is 20.4. The van der Waals surface area contributed by atoms with Crippen LogP contribution >= 0.6 is 15.9 Å². The minimum Gasteiger partial charge on any atom is -0.508 e. The van der Waals surface area contributed by atoms with Gasteiger partial charge >= 0.3 is 0 Å². The Balaban J connectivity index is 2.00. The number of phenols is 1. The summed E-state index contributed by atoms with van der Waals surface area (Å²) in [6.45, 7) is 6.44. The van der Waals surface area contributed by atoms with Gasteiger partial charge in [0, 0.05) is 15.7 Å². The van der Waals surface area contributed by atoms with Gasteiger partial charge in [-0.3, -0.25) is 0 Å². The van der Waals surface area contributed by atoms with Crippen LogP contribution in [-0.4, -0.2) is 5.11 Å². The number of benzene rings is 2. The Kier molecular flexibility index (Phi) is 3.70. The van der Waals surface area contributed by atoms with Gasteiger partial charge in [0.2, 0.25) is 0 Å². The minimum atomic E-state index is 0.160. The van der Waals surface area contributed by atoms with Crippen LogP contribution in [0.2, 0.25) is 0 Å². The van der Waals surface area contributed by atoms with Crippen molar-refractivity contribution in [3.05, 3.63) is 57.1 Å². The molecule has 0 heterocycles. The molecule has 110 valence electrons. The van der Waals surface area contributed by atoms with Crippen molar-refractivity contribution in [1.82, 2.24) is 0 Å². The molecule has 0 aliphatic heterocycles. The highest BCUT2D eigenvalue weighted by atomic mass is 79.9. The van der Waals surface area contributed by atoms with Crippen LogP contribution in [0.25, 0.3) is 0 Å². The molecule has 0 spiro atoms. The zero-order valence-electron chi connectivity index (χ0n) is 12.6. The van der Waals surface area contributed by atoms with E-state index in [0.29, 0.717) is 11.7 Å². The van der Waals surface area contributed by atoms with Crippen LogP contribution in [0.5, 0.6) is 5.75 Å². The van der Waals surface area contributed by atoms with Crippen molar-refractivity contribution >= 4 is 21.6 Å². The molecule has 0 fully saturated rings. The smallest absolute Gasteiger partial charge is 0.121 e. The van der Waals surface area contributed by atoms with Crippen LogP contribution in [-0.2, 0) is 0 Å². The van der Waals surface area contributed by atoms with E-state index in [4.69, 9.17) is 0 Å². The molecule has 2 N–H and O–H groups in total. The first-order valence-electron chi connectivity index (χ1n) is 7.33. The molecule has 1 aliphatic carbocycles. The van der Waals surface area contributed by atoms with Gasteiger partial charge in [0.05, 0.1) is 6.04 Å². The van der Waals surface area contributed by atoms with Crippen LogP contribution in [0.4, 0.5) is 5.69 Å². The van der Waals surface area contributed by atoms with Gasteiger partial charge in [-0.05, 0) is 70.9 Å². The van der Waals surface area contributed by atoms with Gasteiger partial charge < -0.3 is 10.4 Å². The molecule has 2 aromatic rings. The van der Waals surface area contributed by atoms with Crippen LogP contribution in [0.3, 0.4) is 0 Å². The Labute approximate surface area is 134 Å². The average molecular weight is 346 g/mol. The number of hydrogen-bond acceptors (Lipinski definition) is 2.